The number of nitrogens with zero attached hydrogens (tertiary/aromatic N) is 1. The summed E-state index contributed by atoms with van der Waals surface area (Å²) in [6.07, 6.45) is 1.58. The highest BCUT2D eigenvalue weighted by molar-refractivity contribution is 7.87. The van der Waals surface area contributed by atoms with Crippen molar-refractivity contribution in [3.05, 3.63) is 59.8 Å². The first-order valence-electron chi connectivity index (χ1n) is 7.22. The van der Waals surface area contributed by atoms with E-state index in [2.05, 4.69) is 4.98 Å². The topological polar surface area (TPSA) is 65.5 Å². The Kier molecular flexibility index (Phi) is 4.59. The van der Waals surface area contributed by atoms with Gasteiger partial charge in [-0.25, -0.2) is 0 Å². The number of fused-ring (bicyclic) bond motifs is 1. The van der Waals surface area contributed by atoms with Crippen LogP contribution in [0.4, 0.5) is 0 Å². The summed E-state index contributed by atoms with van der Waals surface area (Å²) >= 11 is 5.93. The molecule has 7 heteroatoms. The van der Waals surface area contributed by atoms with Gasteiger partial charge >= 0.3 is 10.1 Å². The number of pyridine rings is 1. The van der Waals surface area contributed by atoms with Gasteiger partial charge in [0.2, 0.25) is 0 Å². The predicted octanol–water partition coefficient (Wildman–Crippen LogP) is 4.05. The largest absolute Gasteiger partial charge is 0.492 e. The molecule has 0 aliphatic carbocycles. The molecule has 0 saturated carbocycles. The molecule has 0 N–H and O–H groups in total. The Morgan fingerprint density at radius 3 is 2.67 bits per heavy atom. The lowest BCUT2D eigenvalue weighted by atomic mass is 10.2. The minimum absolute atomic E-state index is 0.121. The van der Waals surface area contributed by atoms with Crippen LogP contribution in [0.25, 0.3) is 10.9 Å². The van der Waals surface area contributed by atoms with Gasteiger partial charge in [0.25, 0.3) is 0 Å². The second-order valence-corrected chi connectivity index (χ2v) is 6.84. The van der Waals surface area contributed by atoms with E-state index in [9.17, 15) is 8.42 Å². The molecule has 0 saturated heterocycles. The van der Waals surface area contributed by atoms with Crippen molar-refractivity contribution in [1.29, 1.82) is 0 Å². The predicted molar refractivity (Wildman–Crippen MR) is 92.2 cm³/mol. The van der Waals surface area contributed by atoms with E-state index < -0.39 is 10.1 Å². The monoisotopic (exact) mass is 363 g/mol. The molecule has 1 aromatic heterocycles. The van der Waals surface area contributed by atoms with Crippen molar-refractivity contribution in [2.75, 3.05) is 6.61 Å². The van der Waals surface area contributed by atoms with E-state index in [1.54, 1.807) is 37.4 Å². The SMILES string of the molecule is CCOc1ccc(Cl)cc1S(=O)(=O)Oc1cccc2cccnc12. The van der Waals surface area contributed by atoms with E-state index in [1.165, 1.54) is 12.1 Å². The Morgan fingerprint density at radius 1 is 1.08 bits per heavy atom. The van der Waals surface area contributed by atoms with Crippen molar-refractivity contribution in [2.45, 2.75) is 11.8 Å². The van der Waals surface area contributed by atoms with Crippen molar-refractivity contribution in [1.82, 2.24) is 4.98 Å². The lowest BCUT2D eigenvalue weighted by molar-refractivity contribution is 0.329. The van der Waals surface area contributed by atoms with Gasteiger partial charge in [0.1, 0.15) is 16.2 Å². The Bertz CT molecular complexity index is 984. The number of hydrogen-bond donors (Lipinski definition) is 0. The molecule has 0 aliphatic heterocycles. The summed E-state index contributed by atoms with van der Waals surface area (Å²) in [5.74, 6) is 0.339. The van der Waals surface area contributed by atoms with Crippen molar-refractivity contribution < 1.29 is 17.3 Å². The number of rotatable bonds is 5. The summed E-state index contributed by atoms with van der Waals surface area (Å²) in [6.45, 7) is 2.08. The molecular weight excluding hydrogens is 350 g/mol. The summed E-state index contributed by atoms with van der Waals surface area (Å²) in [7, 11) is -4.13. The molecule has 1 heterocycles. The maximum Gasteiger partial charge on any atom is 0.343 e. The number of ether oxygens (including phenoxy) is 1. The van der Waals surface area contributed by atoms with Crippen LogP contribution in [0, 0.1) is 0 Å². The van der Waals surface area contributed by atoms with Gasteiger partial charge in [0, 0.05) is 16.6 Å². The average molecular weight is 364 g/mol. The molecular formula is C17H14ClNO4S. The molecule has 3 aromatic rings. The third-order valence-electron chi connectivity index (χ3n) is 3.27. The normalized spacial score (nSPS) is 11.4. The average Bonchev–Trinajstić information content (AvgIpc) is 2.57. The Hall–Kier alpha value is -2.31. The van der Waals surface area contributed by atoms with Gasteiger partial charge in [-0.15, -0.1) is 0 Å². The molecule has 0 amide bonds. The molecule has 0 fully saturated rings. The van der Waals surface area contributed by atoms with Gasteiger partial charge < -0.3 is 8.92 Å². The molecule has 3 rings (SSSR count). The number of halogens is 1. The summed E-state index contributed by atoms with van der Waals surface area (Å²) in [4.78, 5) is 4.07. The molecule has 0 spiro atoms. The summed E-state index contributed by atoms with van der Waals surface area (Å²) in [6, 6.07) is 13.0. The van der Waals surface area contributed by atoms with Crippen LogP contribution in [-0.4, -0.2) is 20.0 Å². The Labute approximate surface area is 144 Å². The van der Waals surface area contributed by atoms with Crippen LogP contribution >= 0.6 is 11.6 Å². The van der Waals surface area contributed by atoms with Crippen LogP contribution in [0.1, 0.15) is 6.92 Å². The van der Waals surface area contributed by atoms with Gasteiger partial charge in [-0.1, -0.05) is 29.8 Å². The van der Waals surface area contributed by atoms with Crippen LogP contribution in [-0.2, 0) is 10.1 Å². The highest BCUT2D eigenvalue weighted by Crippen LogP contribution is 2.32. The van der Waals surface area contributed by atoms with E-state index >= 15 is 0 Å². The zero-order valence-electron chi connectivity index (χ0n) is 12.8. The minimum Gasteiger partial charge on any atom is -0.492 e. The zero-order chi connectivity index (χ0) is 17.2. The maximum atomic E-state index is 12.7. The summed E-state index contributed by atoms with van der Waals surface area (Å²) < 4.78 is 36.1. The number of benzene rings is 2. The van der Waals surface area contributed by atoms with Crippen LogP contribution in [0.5, 0.6) is 11.5 Å². The highest BCUT2D eigenvalue weighted by atomic mass is 35.5. The fraction of sp³-hybridized carbons (Fsp3) is 0.118. The van der Waals surface area contributed by atoms with E-state index in [4.69, 9.17) is 20.5 Å². The van der Waals surface area contributed by atoms with Crippen molar-refractivity contribution in [3.63, 3.8) is 0 Å². The maximum absolute atomic E-state index is 12.7. The van der Waals surface area contributed by atoms with Crippen molar-refractivity contribution in [3.8, 4) is 11.5 Å². The minimum atomic E-state index is -4.13. The zero-order valence-corrected chi connectivity index (χ0v) is 14.3. The van der Waals surface area contributed by atoms with E-state index in [-0.39, 0.29) is 21.4 Å². The first-order valence-corrected chi connectivity index (χ1v) is 9.00. The molecule has 0 radical (unpaired) electrons. The van der Waals surface area contributed by atoms with Crippen molar-refractivity contribution >= 4 is 32.6 Å². The van der Waals surface area contributed by atoms with Crippen LogP contribution in [0.15, 0.2) is 59.6 Å². The second-order valence-electron chi connectivity index (χ2n) is 4.89. The highest BCUT2D eigenvalue weighted by Gasteiger charge is 2.23. The molecule has 124 valence electrons. The summed E-state index contributed by atoms with van der Waals surface area (Å²) in [5, 5.41) is 1.05. The second kappa shape index (κ2) is 6.67. The number of hydrogen-bond acceptors (Lipinski definition) is 5. The molecule has 0 unspecified atom stereocenters. The van der Waals surface area contributed by atoms with Gasteiger partial charge in [-0.2, -0.15) is 8.42 Å². The van der Waals surface area contributed by atoms with E-state index in [0.29, 0.717) is 12.1 Å². The Balaban J connectivity index is 2.07. The molecule has 0 bridgehead atoms. The van der Waals surface area contributed by atoms with Gasteiger partial charge in [-0.3, -0.25) is 4.98 Å². The fourth-order valence-corrected chi connectivity index (χ4v) is 3.60. The first kappa shape index (κ1) is 16.5. The summed E-state index contributed by atoms with van der Waals surface area (Å²) in [5.41, 5.74) is 0.462. The molecule has 0 aliphatic rings. The van der Waals surface area contributed by atoms with Crippen LogP contribution in [0.2, 0.25) is 5.02 Å². The first-order chi connectivity index (χ1) is 11.5. The smallest absolute Gasteiger partial charge is 0.343 e. The van der Waals surface area contributed by atoms with E-state index in [0.717, 1.165) is 5.39 Å². The van der Waals surface area contributed by atoms with E-state index in [1.807, 2.05) is 12.1 Å². The lowest BCUT2D eigenvalue weighted by Crippen LogP contribution is -2.12. The van der Waals surface area contributed by atoms with Crippen LogP contribution < -0.4 is 8.92 Å². The molecule has 5 nitrogen and oxygen atoms in total. The fourth-order valence-electron chi connectivity index (χ4n) is 2.26. The lowest BCUT2D eigenvalue weighted by Gasteiger charge is -2.13. The standard InChI is InChI=1S/C17H14ClNO4S/c1-2-22-14-9-8-13(18)11-16(14)24(20,21)23-15-7-3-5-12-6-4-10-19-17(12)15/h3-11H,2H2,1H3. The van der Waals surface area contributed by atoms with Gasteiger partial charge in [0.05, 0.1) is 6.61 Å². The van der Waals surface area contributed by atoms with Crippen LogP contribution in [0.3, 0.4) is 0 Å². The Morgan fingerprint density at radius 2 is 1.88 bits per heavy atom. The van der Waals surface area contributed by atoms with Gasteiger partial charge in [-0.05, 0) is 37.3 Å². The molecule has 24 heavy (non-hydrogen) atoms. The third kappa shape index (κ3) is 3.29. The number of para-hydroxylation sites is 1. The number of aromatic nitrogens is 1. The quantitative estimate of drug-likeness (QED) is 0.640. The third-order valence-corrected chi connectivity index (χ3v) is 4.76. The van der Waals surface area contributed by atoms with Gasteiger partial charge in [0.15, 0.2) is 5.75 Å². The van der Waals surface area contributed by atoms with Crippen molar-refractivity contribution in [2.24, 2.45) is 0 Å². The molecule has 0 atom stereocenters. The molecule has 2 aromatic carbocycles.